The third-order valence-corrected chi connectivity index (χ3v) is 3.11. The van der Waals surface area contributed by atoms with E-state index in [4.69, 9.17) is 5.73 Å². The molecule has 2 amide bonds. The Hall–Kier alpha value is -1.71. The quantitative estimate of drug-likeness (QED) is 0.732. The van der Waals surface area contributed by atoms with Crippen molar-refractivity contribution in [3.05, 3.63) is 24.3 Å². The fourth-order valence-electron chi connectivity index (χ4n) is 2.09. The lowest BCUT2D eigenvalue weighted by molar-refractivity contribution is 0.259. The Kier molecular flexibility index (Phi) is 3.52. The molecule has 0 heterocycles. The highest BCUT2D eigenvalue weighted by Gasteiger charge is 2.29. The second-order valence-corrected chi connectivity index (χ2v) is 4.57. The number of carbonyl (C=O) groups is 1. The average Bonchev–Trinajstić information content (AvgIpc) is 3.09. The third-order valence-electron chi connectivity index (χ3n) is 3.11. The van der Waals surface area contributed by atoms with Gasteiger partial charge in [0.05, 0.1) is 0 Å². The van der Waals surface area contributed by atoms with Crippen LogP contribution in [0.1, 0.15) is 26.2 Å². The Morgan fingerprint density at radius 1 is 1.47 bits per heavy atom. The fourth-order valence-corrected chi connectivity index (χ4v) is 2.09. The molecule has 1 aromatic carbocycles. The van der Waals surface area contributed by atoms with Crippen LogP contribution in [0.4, 0.5) is 16.2 Å². The van der Waals surface area contributed by atoms with Crippen LogP contribution in [0.15, 0.2) is 24.3 Å². The number of hydrogen-bond acceptors (Lipinski definition) is 2. The SMILES string of the molecule is CCC(Nc1cccc(NC(N)=O)c1)C1CC1. The van der Waals surface area contributed by atoms with E-state index in [1.54, 1.807) is 0 Å². The third kappa shape index (κ3) is 3.37. The number of nitrogens with two attached hydrogens (primary N) is 1. The minimum Gasteiger partial charge on any atom is -0.382 e. The first-order valence-corrected chi connectivity index (χ1v) is 6.12. The lowest BCUT2D eigenvalue weighted by atomic mass is 10.1. The number of primary amides is 1. The molecule has 17 heavy (non-hydrogen) atoms. The van der Waals surface area contributed by atoms with Crippen molar-refractivity contribution in [3.8, 4) is 0 Å². The molecule has 0 radical (unpaired) electrons. The van der Waals surface area contributed by atoms with E-state index in [2.05, 4.69) is 17.6 Å². The van der Waals surface area contributed by atoms with Gasteiger partial charge in [-0.2, -0.15) is 0 Å². The van der Waals surface area contributed by atoms with E-state index in [0.717, 1.165) is 23.7 Å². The molecular weight excluding hydrogens is 214 g/mol. The second-order valence-electron chi connectivity index (χ2n) is 4.57. The molecule has 0 spiro atoms. The second kappa shape index (κ2) is 5.08. The van der Waals surface area contributed by atoms with E-state index >= 15 is 0 Å². The van der Waals surface area contributed by atoms with Crippen molar-refractivity contribution < 1.29 is 4.79 Å². The minimum atomic E-state index is -0.531. The summed E-state index contributed by atoms with van der Waals surface area (Å²) in [6.07, 6.45) is 3.77. The summed E-state index contributed by atoms with van der Waals surface area (Å²) in [5.74, 6) is 0.813. The van der Waals surface area contributed by atoms with E-state index in [1.807, 2.05) is 24.3 Å². The first kappa shape index (κ1) is 11.8. The molecule has 1 saturated carbocycles. The summed E-state index contributed by atoms with van der Waals surface area (Å²) in [5, 5.41) is 6.09. The van der Waals surface area contributed by atoms with Crippen LogP contribution in [-0.4, -0.2) is 12.1 Å². The smallest absolute Gasteiger partial charge is 0.316 e. The van der Waals surface area contributed by atoms with E-state index in [-0.39, 0.29) is 0 Å². The minimum absolute atomic E-state index is 0.531. The van der Waals surface area contributed by atoms with E-state index in [0.29, 0.717) is 6.04 Å². The summed E-state index contributed by atoms with van der Waals surface area (Å²) < 4.78 is 0. The van der Waals surface area contributed by atoms with Crippen molar-refractivity contribution in [3.63, 3.8) is 0 Å². The Morgan fingerprint density at radius 3 is 2.76 bits per heavy atom. The van der Waals surface area contributed by atoms with Crippen molar-refractivity contribution in [2.75, 3.05) is 10.6 Å². The first-order chi connectivity index (χ1) is 8.19. The molecular formula is C13H19N3O. The molecule has 4 heteroatoms. The van der Waals surface area contributed by atoms with Crippen LogP contribution in [0.3, 0.4) is 0 Å². The van der Waals surface area contributed by atoms with Gasteiger partial charge < -0.3 is 16.4 Å². The molecule has 1 aliphatic rings. The van der Waals surface area contributed by atoms with Gasteiger partial charge in [-0.25, -0.2) is 4.79 Å². The van der Waals surface area contributed by atoms with Gasteiger partial charge in [-0.1, -0.05) is 13.0 Å². The van der Waals surface area contributed by atoms with Crippen LogP contribution in [0.25, 0.3) is 0 Å². The van der Waals surface area contributed by atoms with Gasteiger partial charge in [-0.15, -0.1) is 0 Å². The van der Waals surface area contributed by atoms with Crippen molar-refractivity contribution >= 4 is 17.4 Å². The molecule has 92 valence electrons. The lowest BCUT2D eigenvalue weighted by Gasteiger charge is -2.18. The molecule has 4 nitrogen and oxygen atoms in total. The summed E-state index contributed by atoms with van der Waals surface area (Å²) in [6.45, 7) is 2.20. The Labute approximate surface area is 102 Å². The van der Waals surface area contributed by atoms with Crippen LogP contribution in [0.2, 0.25) is 0 Å². The van der Waals surface area contributed by atoms with Gasteiger partial charge in [0.15, 0.2) is 0 Å². The number of hydrogen-bond donors (Lipinski definition) is 3. The Bertz CT molecular complexity index is 401. The number of carbonyl (C=O) groups excluding carboxylic acids is 1. The zero-order valence-corrected chi connectivity index (χ0v) is 10.1. The summed E-state index contributed by atoms with van der Waals surface area (Å²) in [6, 6.07) is 7.67. The topological polar surface area (TPSA) is 67.2 Å². The monoisotopic (exact) mass is 233 g/mol. The largest absolute Gasteiger partial charge is 0.382 e. The molecule has 2 rings (SSSR count). The van der Waals surface area contributed by atoms with Gasteiger partial charge in [-0.3, -0.25) is 0 Å². The number of urea groups is 1. The van der Waals surface area contributed by atoms with Gasteiger partial charge in [0, 0.05) is 17.4 Å². The molecule has 0 aliphatic heterocycles. The van der Waals surface area contributed by atoms with Crippen molar-refractivity contribution in [2.24, 2.45) is 11.7 Å². The van der Waals surface area contributed by atoms with Crippen molar-refractivity contribution in [1.82, 2.24) is 0 Å². The number of amides is 2. The molecule has 1 fully saturated rings. The predicted octanol–water partition coefficient (Wildman–Crippen LogP) is 2.78. The molecule has 0 bridgehead atoms. The summed E-state index contributed by atoms with van der Waals surface area (Å²) in [7, 11) is 0. The maximum Gasteiger partial charge on any atom is 0.316 e. The van der Waals surface area contributed by atoms with Crippen LogP contribution >= 0.6 is 0 Å². The zero-order valence-electron chi connectivity index (χ0n) is 10.1. The lowest BCUT2D eigenvalue weighted by Crippen LogP contribution is -2.21. The number of rotatable bonds is 5. The molecule has 1 atom stereocenters. The van der Waals surface area contributed by atoms with Crippen LogP contribution in [0.5, 0.6) is 0 Å². The summed E-state index contributed by atoms with van der Waals surface area (Å²) >= 11 is 0. The van der Waals surface area contributed by atoms with Gasteiger partial charge in [0.25, 0.3) is 0 Å². The molecule has 1 aromatic rings. The maximum atomic E-state index is 10.8. The highest BCUT2D eigenvalue weighted by Crippen LogP contribution is 2.35. The summed E-state index contributed by atoms with van der Waals surface area (Å²) in [4.78, 5) is 10.8. The normalized spacial score (nSPS) is 16.3. The van der Waals surface area contributed by atoms with Crippen LogP contribution < -0.4 is 16.4 Å². The zero-order chi connectivity index (χ0) is 12.3. The Balaban J connectivity index is 2.01. The van der Waals surface area contributed by atoms with Gasteiger partial charge >= 0.3 is 6.03 Å². The van der Waals surface area contributed by atoms with Crippen molar-refractivity contribution in [2.45, 2.75) is 32.2 Å². The highest BCUT2D eigenvalue weighted by molar-refractivity contribution is 5.88. The van der Waals surface area contributed by atoms with Crippen LogP contribution in [0, 0.1) is 5.92 Å². The van der Waals surface area contributed by atoms with Crippen LogP contribution in [-0.2, 0) is 0 Å². The number of anilines is 2. The van der Waals surface area contributed by atoms with Crippen molar-refractivity contribution in [1.29, 1.82) is 0 Å². The molecule has 1 aliphatic carbocycles. The van der Waals surface area contributed by atoms with Gasteiger partial charge in [0.2, 0.25) is 0 Å². The fraction of sp³-hybridized carbons (Fsp3) is 0.462. The molecule has 4 N–H and O–H groups in total. The number of benzene rings is 1. The Morgan fingerprint density at radius 2 is 2.18 bits per heavy atom. The predicted molar refractivity (Wildman–Crippen MR) is 70.1 cm³/mol. The molecule has 0 aromatic heterocycles. The molecule has 0 saturated heterocycles. The standard InChI is InChI=1S/C13H19N3O/c1-2-12(9-6-7-9)15-10-4-3-5-11(8-10)16-13(14)17/h3-5,8-9,12,15H,2,6-7H2,1H3,(H3,14,16,17). The number of nitrogens with one attached hydrogen (secondary N) is 2. The summed E-state index contributed by atoms with van der Waals surface area (Å²) in [5.41, 5.74) is 6.86. The highest BCUT2D eigenvalue weighted by atomic mass is 16.2. The average molecular weight is 233 g/mol. The molecule has 1 unspecified atom stereocenters. The van der Waals surface area contributed by atoms with E-state index in [9.17, 15) is 4.79 Å². The van der Waals surface area contributed by atoms with Gasteiger partial charge in [-0.05, 0) is 43.4 Å². The maximum absolute atomic E-state index is 10.8. The first-order valence-electron chi connectivity index (χ1n) is 6.12. The van der Waals surface area contributed by atoms with E-state index < -0.39 is 6.03 Å². The van der Waals surface area contributed by atoms with E-state index in [1.165, 1.54) is 12.8 Å². The van der Waals surface area contributed by atoms with Gasteiger partial charge in [0.1, 0.15) is 0 Å².